The second-order valence-electron chi connectivity index (χ2n) is 10.4. The van der Waals surface area contributed by atoms with E-state index in [1.807, 2.05) is 37.3 Å². The number of aromatic nitrogens is 4. The standard InChI is InChI=1S/C29H32N6O4/c1-19(20-6-4-3-5-7-20)16-23(36)34-14-12-29(39,13-15-34)17-35-18-31-24-25(28(35)38)32-33(2)26(24)21-8-10-22(11-9-21)27(30)37/h3-11,18-19,39H,12-17H2,1-2H3,(H2,30,37)/t19-/m1/s1. The van der Waals surface area contributed by atoms with Crippen molar-refractivity contribution in [2.45, 2.75) is 44.2 Å². The number of hydrogen-bond donors (Lipinski definition) is 2. The monoisotopic (exact) mass is 528 g/mol. The summed E-state index contributed by atoms with van der Waals surface area (Å²) in [6.45, 7) is 2.96. The minimum atomic E-state index is -1.14. The summed E-state index contributed by atoms with van der Waals surface area (Å²) in [6, 6.07) is 16.7. The van der Waals surface area contributed by atoms with Gasteiger partial charge in [0.15, 0.2) is 5.52 Å². The summed E-state index contributed by atoms with van der Waals surface area (Å²) < 4.78 is 2.97. The number of carbonyl (C=O) groups is 2. The number of piperidine rings is 1. The van der Waals surface area contributed by atoms with Gasteiger partial charge in [-0.25, -0.2) is 4.98 Å². The van der Waals surface area contributed by atoms with E-state index < -0.39 is 11.5 Å². The first-order valence-electron chi connectivity index (χ1n) is 13.0. The molecule has 1 fully saturated rings. The molecule has 0 saturated carbocycles. The molecular formula is C29H32N6O4. The zero-order chi connectivity index (χ0) is 27.7. The highest BCUT2D eigenvalue weighted by molar-refractivity contribution is 5.94. The number of likely N-dealkylation sites (tertiary alicyclic amines) is 1. The van der Waals surface area contributed by atoms with Crippen molar-refractivity contribution < 1.29 is 14.7 Å². The highest BCUT2D eigenvalue weighted by Crippen LogP contribution is 2.28. The molecular weight excluding hydrogens is 496 g/mol. The highest BCUT2D eigenvalue weighted by Gasteiger charge is 2.35. The van der Waals surface area contributed by atoms with Crippen LogP contribution in [0.5, 0.6) is 0 Å². The van der Waals surface area contributed by atoms with Crippen LogP contribution in [0.4, 0.5) is 0 Å². The van der Waals surface area contributed by atoms with Crippen molar-refractivity contribution in [3.05, 3.63) is 82.4 Å². The van der Waals surface area contributed by atoms with Crippen LogP contribution in [-0.2, 0) is 18.4 Å². The van der Waals surface area contributed by atoms with Crippen molar-refractivity contribution in [3.8, 4) is 11.3 Å². The fraction of sp³-hybridized carbons (Fsp3) is 0.345. The number of nitrogens with zero attached hydrogens (tertiary/aromatic N) is 5. The molecule has 4 aromatic rings. The number of hydrogen-bond acceptors (Lipinski definition) is 6. The van der Waals surface area contributed by atoms with Gasteiger partial charge in [0.2, 0.25) is 11.8 Å². The van der Waals surface area contributed by atoms with Crippen molar-refractivity contribution >= 4 is 22.8 Å². The van der Waals surface area contributed by atoms with Gasteiger partial charge in [0.05, 0.1) is 24.2 Å². The van der Waals surface area contributed by atoms with Crippen LogP contribution in [0, 0.1) is 0 Å². The smallest absolute Gasteiger partial charge is 0.281 e. The molecule has 3 N–H and O–H groups in total. The molecule has 0 unspecified atom stereocenters. The maximum absolute atomic E-state index is 13.3. The summed E-state index contributed by atoms with van der Waals surface area (Å²) in [5.74, 6) is -0.342. The van der Waals surface area contributed by atoms with Crippen molar-refractivity contribution in [1.82, 2.24) is 24.2 Å². The molecule has 0 aliphatic carbocycles. The molecule has 3 heterocycles. The summed E-state index contributed by atoms with van der Waals surface area (Å²) in [6.07, 6.45) is 2.58. The molecule has 1 aliphatic rings. The molecule has 1 atom stereocenters. The second kappa shape index (κ2) is 10.5. The molecule has 2 amide bonds. The van der Waals surface area contributed by atoms with Crippen LogP contribution in [0.25, 0.3) is 22.3 Å². The van der Waals surface area contributed by atoms with Gasteiger partial charge in [-0.15, -0.1) is 0 Å². The van der Waals surface area contributed by atoms with E-state index in [4.69, 9.17) is 5.73 Å². The SMILES string of the molecule is C[C@H](CC(=O)N1CCC(O)(Cn2cnc3c(-c4ccc(C(N)=O)cc4)n(C)nc3c2=O)CC1)c1ccccc1. The van der Waals surface area contributed by atoms with Crippen LogP contribution >= 0.6 is 0 Å². The van der Waals surface area contributed by atoms with Gasteiger partial charge < -0.3 is 15.7 Å². The average molecular weight is 529 g/mol. The van der Waals surface area contributed by atoms with E-state index in [9.17, 15) is 19.5 Å². The Hall–Kier alpha value is -4.31. The minimum absolute atomic E-state index is 0.0659. The normalized spacial score (nSPS) is 15.8. The van der Waals surface area contributed by atoms with Gasteiger partial charge in [-0.1, -0.05) is 49.4 Å². The molecule has 1 saturated heterocycles. The van der Waals surface area contributed by atoms with Gasteiger partial charge in [-0.05, 0) is 36.5 Å². The number of fused-ring (bicyclic) bond motifs is 1. The van der Waals surface area contributed by atoms with Crippen LogP contribution < -0.4 is 11.3 Å². The molecule has 10 nitrogen and oxygen atoms in total. The highest BCUT2D eigenvalue weighted by atomic mass is 16.3. The van der Waals surface area contributed by atoms with Gasteiger partial charge in [0.1, 0.15) is 5.52 Å². The van der Waals surface area contributed by atoms with Crippen LogP contribution in [0.3, 0.4) is 0 Å². The Morgan fingerprint density at radius 2 is 1.72 bits per heavy atom. The summed E-state index contributed by atoms with van der Waals surface area (Å²) in [7, 11) is 1.72. The molecule has 2 aromatic heterocycles. The second-order valence-corrected chi connectivity index (χ2v) is 10.4. The van der Waals surface area contributed by atoms with Crippen LogP contribution in [0.1, 0.15) is 48.0 Å². The number of aliphatic hydroxyl groups is 1. The van der Waals surface area contributed by atoms with Crippen LogP contribution in [0.15, 0.2) is 65.7 Å². The fourth-order valence-electron chi connectivity index (χ4n) is 5.26. The first-order chi connectivity index (χ1) is 18.6. The third-order valence-corrected chi connectivity index (χ3v) is 7.62. The number of amides is 2. The van der Waals surface area contributed by atoms with E-state index in [2.05, 4.69) is 10.1 Å². The van der Waals surface area contributed by atoms with E-state index in [1.54, 1.807) is 40.9 Å². The topological polar surface area (TPSA) is 136 Å². The summed E-state index contributed by atoms with van der Waals surface area (Å²) in [5, 5.41) is 15.7. The molecule has 0 radical (unpaired) electrons. The van der Waals surface area contributed by atoms with E-state index >= 15 is 0 Å². The largest absolute Gasteiger partial charge is 0.388 e. The number of rotatable bonds is 7. The molecule has 0 spiro atoms. The summed E-state index contributed by atoms with van der Waals surface area (Å²) >= 11 is 0. The van der Waals surface area contributed by atoms with Gasteiger partial charge in [-0.2, -0.15) is 5.10 Å². The third-order valence-electron chi connectivity index (χ3n) is 7.62. The summed E-state index contributed by atoms with van der Waals surface area (Å²) in [5.41, 5.74) is 7.37. The lowest BCUT2D eigenvalue weighted by Gasteiger charge is -2.38. The molecule has 10 heteroatoms. The molecule has 39 heavy (non-hydrogen) atoms. The average Bonchev–Trinajstić information content (AvgIpc) is 3.27. The number of aryl methyl sites for hydroxylation is 1. The zero-order valence-electron chi connectivity index (χ0n) is 22.1. The first-order valence-corrected chi connectivity index (χ1v) is 13.0. The Kier molecular flexibility index (Phi) is 7.05. The number of carbonyl (C=O) groups excluding carboxylic acids is 2. The lowest BCUT2D eigenvalue weighted by Crippen LogP contribution is -2.49. The van der Waals surface area contributed by atoms with E-state index in [0.29, 0.717) is 49.1 Å². The molecule has 0 bridgehead atoms. The first kappa shape index (κ1) is 26.3. The Labute approximate surface area is 225 Å². The maximum Gasteiger partial charge on any atom is 0.281 e. The third kappa shape index (κ3) is 5.33. The molecule has 202 valence electrons. The quantitative estimate of drug-likeness (QED) is 0.378. The van der Waals surface area contributed by atoms with E-state index in [1.165, 1.54) is 10.9 Å². The van der Waals surface area contributed by atoms with Crippen molar-refractivity contribution in [2.24, 2.45) is 12.8 Å². The lowest BCUT2D eigenvalue weighted by molar-refractivity contribution is -0.136. The molecule has 1 aliphatic heterocycles. The van der Waals surface area contributed by atoms with E-state index in [-0.39, 0.29) is 29.4 Å². The Balaban J connectivity index is 1.28. The van der Waals surface area contributed by atoms with Crippen molar-refractivity contribution in [1.29, 1.82) is 0 Å². The fourth-order valence-corrected chi connectivity index (χ4v) is 5.26. The van der Waals surface area contributed by atoms with Gasteiger partial charge in [-0.3, -0.25) is 23.6 Å². The Morgan fingerprint density at radius 3 is 2.36 bits per heavy atom. The van der Waals surface area contributed by atoms with Crippen molar-refractivity contribution in [3.63, 3.8) is 0 Å². The lowest BCUT2D eigenvalue weighted by atomic mass is 9.90. The number of nitrogens with two attached hydrogens (primary N) is 1. The molecule has 2 aromatic carbocycles. The van der Waals surface area contributed by atoms with Gasteiger partial charge in [0.25, 0.3) is 5.56 Å². The molecule has 5 rings (SSSR count). The number of benzene rings is 2. The predicted octanol–water partition coefficient (Wildman–Crippen LogP) is 2.44. The zero-order valence-corrected chi connectivity index (χ0v) is 22.1. The van der Waals surface area contributed by atoms with Crippen molar-refractivity contribution in [2.75, 3.05) is 13.1 Å². The van der Waals surface area contributed by atoms with Gasteiger partial charge in [0, 0.05) is 37.7 Å². The summed E-state index contributed by atoms with van der Waals surface area (Å²) in [4.78, 5) is 43.9. The minimum Gasteiger partial charge on any atom is -0.388 e. The van der Waals surface area contributed by atoms with Crippen LogP contribution in [-0.4, -0.2) is 59.8 Å². The Morgan fingerprint density at radius 1 is 1.05 bits per heavy atom. The van der Waals surface area contributed by atoms with Gasteiger partial charge >= 0.3 is 0 Å². The van der Waals surface area contributed by atoms with Crippen LogP contribution in [0.2, 0.25) is 0 Å². The Bertz CT molecular complexity index is 1570. The maximum atomic E-state index is 13.3. The number of primary amides is 1. The van der Waals surface area contributed by atoms with E-state index in [0.717, 1.165) is 11.1 Å². The predicted molar refractivity (Wildman–Crippen MR) is 147 cm³/mol.